The molecule has 3 nitrogen and oxygen atoms in total. The molecular weight excluding hydrogens is 258 g/mol. The molecule has 120 valence electrons. The van der Waals surface area contributed by atoms with E-state index in [4.69, 9.17) is 0 Å². The monoisotopic (exact) mass is 291 g/mol. The predicted molar refractivity (Wildman–Crippen MR) is 89.3 cm³/mol. The lowest BCUT2D eigenvalue weighted by Crippen LogP contribution is -2.35. The van der Waals surface area contributed by atoms with Gasteiger partial charge in [-0.15, -0.1) is 0 Å². The zero-order chi connectivity index (χ0) is 15.2. The summed E-state index contributed by atoms with van der Waals surface area (Å²) >= 11 is 0. The Morgan fingerprint density at radius 2 is 2.14 bits per heavy atom. The second-order valence-electron chi connectivity index (χ2n) is 7.32. The summed E-state index contributed by atoms with van der Waals surface area (Å²) in [6.45, 7) is 12.5. The van der Waals surface area contributed by atoms with Crippen LogP contribution >= 0.6 is 0 Å². The SMILES string of the molecule is CCn1ccnc1CC1CC(C)CCC1CNCC(C)C. The summed E-state index contributed by atoms with van der Waals surface area (Å²) in [5, 5.41) is 3.68. The Balaban J connectivity index is 1.94. The summed E-state index contributed by atoms with van der Waals surface area (Å²) in [4.78, 5) is 4.59. The van der Waals surface area contributed by atoms with Crippen molar-refractivity contribution < 1.29 is 0 Å². The largest absolute Gasteiger partial charge is 0.335 e. The van der Waals surface area contributed by atoms with Gasteiger partial charge < -0.3 is 9.88 Å². The minimum atomic E-state index is 0.741. The van der Waals surface area contributed by atoms with Crippen molar-refractivity contribution in [3.05, 3.63) is 18.2 Å². The number of rotatable bonds is 7. The van der Waals surface area contributed by atoms with Gasteiger partial charge in [0.2, 0.25) is 0 Å². The van der Waals surface area contributed by atoms with Crippen molar-refractivity contribution in [1.82, 2.24) is 14.9 Å². The average molecular weight is 291 g/mol. The molecule has 3 atom stereocenters. The van der Waals surface area contributed by atoms with Gasteiger partial charge in [0, 0.05) is 25.4 Å². The number of nitrogens with zero attached hydrogens (tertiary/aromatic N) is 2. The van der Waals surface area contributed by atoms with Gasteiger partial charge in [-0.2, -0.15) is 0 Å². The van der Waals surface area contributed by atoms with Crippen LogP contribution < -0.4 is 5.32 Å². The van der Waals surface area contributed by atoms with Crippen molar-refractivity contribution in [1.29, 1.82) is 0 Å². The van der Waals surface area contributed by atoms with Crippen LogP contribution in [0.15, 0.2) is 12.4 Å². The molecule has 1 fully saturated rings. The van der Waals surface area contributed by atoms with Crippen LogP contribution in [0.25, 0.3) is 0 Å². The Morgan fingerprint density at radius 1 is 1.33 bits per heavy atom. The van der Waals surface area contributed by atoms with E-state index in [0.717, 1.165) is 43.2 Å². The van der Waals surface area contributed by atoms with Crippen LogP contribution in [0.5, 0.6) is 0 Å². The van der Waals surface area contributed by atoms with Gasteiger partial charge >= 0.3 is 0 Å². The standard InChI is InChI=1S/C18H33N3/c1-5-21-9-8-20-18(21)11-17-10-15(4)6-7-16(17)13-19-12-14(2)3/h8-9,14-17,19H,5-7,10-13H2,1-4H3. The van der Waals surface area contributed by atoms with Gasteiger partial charge in [0.05, 0.1) is 0 Å². The molecule has 0 spiro atoms. The first-order chi connectivity index (χ1) is 10.1. The van der Waals surface area contributed by atoms with Crippen molar-refractivity contribution in [2.75, 3.05) is 13.1 Å². The number of nitrogens with one attached hydrogen (secondary N) is 1. The first-order valence-electron chi connectivity index (χ1n) is 8.80. The molecule has 3 heteroatoms. The molecule has 1 aromatic rings. The third kappa shape index (κ3) is 4.84. The van der Waals surface area contributed by atoms with E-state index < -0.39 is 0 Å². The van der Waals surface area contributed by atoms with E-state index in [1.165, 1.54) is 31.6 Å². The molecule has 21 heavy (non-hydrogen) atoms. The van der Waals surface area contributed by atoms with E-state index in [9.17, 15) is 0 Å². The molecule has 1 N–H and O–H groups in total. The number of hydrogen-bond acceptors (Lipinski definition) is 2. The molecular formula is C18H33N3. The maximum Gasteiger partial charge on any atom is 0.108 e. The fourth-order valence-electron chi connectivity index (χ4n) is 3.69. The zero-order valence-corrected chi connectivity index (χ0v) is 14.3. The smallest absolute Gasteiger partial charge is 0.108 e. The molecule has 2 rings (SSSR count). The quantitative estimate of drug-likeness (QED) is 0.829. The fourth-order valence-corrected chi connectivity index (χ4v) is 3.69. The molecule has 3 unspecified atom stereocenters. The molecule has 0 radical (unpaired) electrons. The number of aryl methyl sites for hydroxylation is 1. The van der Waals surface area contributed by atoms with Crippen LogP contribution in [0.3, 0.4) is 0 Å². The van der Waals surface area contributed by atoms with E-state index in [-0.39, 0.29) is 0 Å². The average Bonchev–Trinajstić information content (AvgIpc) is 2.88. The molecule has 0 amide bonds. The normalized spacial score (nSPS) is 26.4. The van der Waals surface area contributed by atoms with Crippen LogP contribution in [0, 0.1) is 23.7 Å². The summed E-state index contributed by atoms with van der Waals surface area (Å²) in [5.74, 6) is 4.51. The van der Waals surface area contributed by atoms with Crippen molar-refractivity contribution in [3.8, 4) is 0 Å². The molecule has 1 heterocycles. The van der Waals surface area contributed by atoms with Gasteiger partial charge in [-0.05, 0) is 56.5 Å². The molecule has 1 aliphatic rings. The maximum atomic E-state index is 4.59. The van der Waals surface area contributed by atoms with Gasteiger partial charge in [-0.25, -0.2) is 4.98 Å². The molecule has 0 bridgehead atoms. The van der Waals surface area contributed by atoms with Crippen LogP contribution in [-0.4, -0.2) is 22.6 Å². The highest BCUT2D eigenvalue weighted by molar-refractivity contribution is 4.96. The summed E-state index contributed by atoms with van der Waals surface area (Å²) in [6, 6.07) is 0. The van der Waals surface area contributed by atoms with E-state index in [2.05, 4.69) is 48.8 Å². The highest BCUT2D eigenvalue weighted by atomic mass is 15.1. The summed E-state index contributed by atoms with van der Waals surface area (Å²) < 4.78 is 2.30. The Labute approximate surface area is 130 Å². The maximum absolute atomic E-state index is 4.59. The van der Waals surface area contributed by atoms with E-state index >= 15 is 0 Å². The van der Waals surface area contributed by atoms with Crippen LogP contribution in [0.4, 0.5) is 0 Å². The Hall–Kier alpha value is -0.830. The molecule has 0 aliphatic heterocycles. The summed E-state index contributed by atoms with van der Waals surface area (Å²) in [6.07, 6.45) is 9.37. The first kappa shape index (κ1) is 16.5. The third-order valence-electron chi connectivity index (χ3n) is 4.95. The minimum Gasteiger partial charge on any atom is -0.335 e. The van der Waals surface area contributed by atoms with Crippen molar-refractivity contribution in [2.24, 2.45) is 23.7 Å². The van der Waals surface area contributed by atoms with Gasteiger partial charge in [-0.1, -0.05) is 27.2 Å². The van der Waals surface area contributed by atoms with E-state index in [1.807, 2.05) is 6.20 Å². The van der Waals surface area contributed by atoms with E-state index in [1.54, 1.807) is 0 Å². The molecule has 0 aromatic carbocycles. The van der Waals surface area contributed by atoms with E-state index in [0.29, 0.717) is 0 Å². The lowest BCUT2D eigenvalue weighted by atomic mass is 9.73. The highest BCUT2D eigenvalue weighted by Gasteiger charge is 2.29. The molecule has 0 saturated heterocycles. The van der Waals surface area contributed by atoms with Gasteiger partial charge in [0.1, 0.15) is 5.82 Å². The molecule has 1 aliphatic carbocycles. The predicted octanol–water partition coefficient (Wildman–Crippen LogP) is 3.74. The van der Waals surface area contributed by atoms with Crippen molar-refractivity contribution in [3.63, 3.8) is 0 Å². The summed E-state index contributed by atoms with van der Waals surface area (Å²) in [7, 11) is 0. The molecule has 1 saturated carbocycles. The number of hydrogen-bond donors (Lipinski definition) is 1. The minimum absolute atomic E-state index is 0.741. The van der Waals surface area contributed by atoms with Crippen LogP contribution in [0.2, 0.25) is 0 Å². The van der Waals surface area contributed by atoms with Gasteiger partial charge in [0.25, 0.3) is 0 Å². The zero-order valence-electron chi connectivity index (χ0n) is 14.3. The van der Waals surface area contributed by atoms with Gasteiger partial charge in [0.15, 0.2) is 0 Å². The first-order valence-corrected chi connectivity index (χ1v) is 8.80. The highest BCUT2D eigenvalue weighted by Crippen LogP contribution is 2.35. The van der Waals surface area contributed by atoms with Crippen LogP contribution in [-0.2, 0) is 13.0 Å². The van der Waals surface area contributed by atoms with Gasteiger partial charge in [-0.3, -0.25) is 0 Å². The topological polar surface area (TPSA) is 29.9 Å². The summed E-state index contributed by atoms with van der Waals surface area (Å²) in [5.41, 5.74) is 0. The Morgan fingerprint density at radius 3 is 2.86 bits per heavy atom. The number of aromatic nitrogens is 2. The fraction of sp³-hybridized carbons (Fsp3) is 0.833. The lowest BCUT2D eigenvalue weighted by Gasteiger charge is -2.35. The second kappa shape index (κ2) is 7.98. The Bertz CT molecular complexity index is 410. The Kier molecular flexibility index (Phi) is 6.28. The third-order valence-corrected chi connectivity index (χ3v) is 4.95. The lowest BCUT2D eigenvalue weighted by molar-refractivity contribution is 0.179. The number of imidazole rings is 1. The second-order valence-corrected chi connectivity index (χ2v) is 7.32. The van der Waals surface area contributed by atoms with Crippen LogP contribution in [0.1, 0.15) is 52.8 Å². The van der Waals surface area contributed by atoms with Crippen molar-refractivity contribution >= 4 is 0 Å². The molecule has 1 aromatic heterocycles. The van der Waals surface area contributed by atoms with Crippen molar-refractivity contribution in [2.45, 2.75) is 59.9 Å².